The Morgan fingerprint density at radius 2 is 1.92 bits per heavy atom. The molecule has 0 aromatic heterocycles. The highest BCUT2D eigenvalue weighted by atomic mass is 79.9. The van der Waals surface area contributed by atoms with Crippen LogP contribution in [0, 0.1) is 6.92 Å². The molecule has 1 heterocycles. The zero-order valence-corrected chi connectivity index (χ0v) is 16.3. The Kier molecular flexibility index (Phi) is 6.04. The van der Waals surface area contributed by atoms with Gasteiger partial charge < -0.3 is 9.84 Å². The number of thioether (sulfide) groups is 1. The molecule has 3 rings (SSSR count). The van der Waals surface area contributed by atoms with E-state index in [4.69, 9.17) is 9.84 Å². The summed E-state index contributed by atoms with van der Waals surface area (Å²) in [6, 6.07) is 15.0. The molecule has 0 radical (unpaired) electrons. The quantitative estimate of drug-likeness (QED) is 0.529. The predicted octanol–water partition coefficient (Wildman–Crippen LogP) is 4.93. The lowest BCUT2D eigenvalue weighted by Gasteiger charge is -2.37. The molecule has 1 aliphatic heterocycles. The Labute approximate surface area is 160 Å². The molecule has 0 bridgehead atoms. The highest BCUT2D eigenvalue weighted by Gasteiger charge is 2.29. The van der Waals surface area contributed by atoms with Crippen LogP contribution in [0.3, 0.4) is 0 Å². The van der Waals surface area contributed by atoms with Gasteiger partial charge in [-0.25, -0.2) is 4.79 Å². The van der Waals surface area contributed by atoms with E-state index in [2.05, 4.69) is 70.2 Å². The molecule has 1 aliphatic rings. The number of carboxylic acid groups (broad SMARTS) is 1. The minimum atomic E-state index is -1.19. The van der Waals surface area contributed by atoms with Gasteiger partial charge in [0.15, 0.2) is 0 Å². The van der Waals surface area contributed by atoms with Crippen molar-refractivity contribution in [3.05, 3.63) is 63.6 Å². The van der Waals surface area contributed by atoms with Crippen LogP contribution >= 0.6 is 27.7 Å². The SMILES string of the molecule is Cc1cc(SCc2ccc(CN3CC(OC(=O)O)C3)cc2)ccc1Br. The van der Waals surface area contributed by atoms with Crippen LogP contribution in [-0.2, 0) is 17.0 Å². The summed E-state index contributed by atoms with van der Waals surface area (Å²) in [6.07, 6.45) is -1.37. The van der Waals surface area contributed by atoms with E-state index in [1.165, 1.54) is 21.6 Å². The first-order valence-corrected chi connectivity index (χ1v) is 9.86. The Balaban J connectivity index is 1.46. The smallest absolute Gasteiger partial charge is 0.450 e. The molecular weight excluding hydrogens is 402 g/mol. The summed E-state index contributed by atoms with van der Waals surface area (Å²) in [5, 5.41) is 8.57. The lowest BCUT2D eigenvalue weighted by molar-refractivity contribution is -0.0363. The first kappa shape index (κ1) is 18.3. The van der Waals surface area contributed by atoms with Crippen LogP contribution in [0.2, 0.25) is 0 Å². The number of nitrogens with zero attached hydrogens (tertiary/aromatic N) is 1. The molecule has 0 atom stereocenters. The second-order valence-electron chi connectivity index (χ2n) is 6.22. The second kappa shape index (κ2) is 8.25. The largest absolute Gasteiger partial charge is 0.506 e. The van der Waals surface area contributed by atoms with Gasteiger partial charge in [-0.05, 0) is 41.8 Å². The van der Waals surface area contributed by atoms with Crippen molar-refractivity contribution in [3.63, 3.8) is 0 Å². The summed E-state index contributed by atoms with van der Waals surface area (Å²) in [7, 11) is 0. The number of likely N-dealkylation sites (tertiary alicyclic amines) is 1. The van der Waals surface area contributed by atoms with E-state index in [1.807, 2.05) is 11.8 Å². The van der Waals surface area contributed by atoms with E-state index >= 15 is 0 Å². The summed E-state index contributed by atoms with van der Waals surface area (Å²) in [4.78, 5) is 13.9. The predicted molar refractivity (Wildman–Crippen MR) is 103 cm³/mol. The Morgan fingerprint density at radius 1 is 1.24 bits per heavy atom. The number of ether oxygens (including phenoxy) is 1. The van der Waals surface area contributed by atoms with Gasteiger partial charge in [-0.2, -0.15) is 0 Å². The molecule has 1 saturated heterocycles. The Bertz CT molecular complexity index is 745. The maximum Gasteiger partial charge on any atom is 0.506 e. The summed E-state index contributed by atoms with van der Waals surface area (Å²) in [5.74, 6) is 0.944. The highest BCUT2D eigenvalue weighted by Crippen LogP contribution is 2.27. The van der Waals surface area contributed by atoms with Gasteiger partial charge in [0.1, 0.15) is 6.10 Å². The third-order valence-corrected chi connectivity index (χ3v) is 6.11. The number of hydrogen-bond acceptors (Lipinski definition) is 4. The molecule has 0 amide bonds. The van der Waals surface area contributed by atoms with E-state index in [0.717, 1.165) is 16.8 Å². The molecular formula is C19H20BrNO3S. The average Bonchev–Trinajstić information content (AvgIpc) is 2.55. The number of rotatable bonds is 6. The van der Waals surface area contributed by atoms with Crippen molar-refractivity contribution in [2.75, 3.05) is 13.1 Å². The van der Waals surface area contributed by atoms with Crippen LogP contribution < -0.4 is 0 Å². The molecule has 4 nitrogen and oxygen atoms in total. The summed E-state index contributed by atoms with van der Waals surface area (Å²) in [6.45, 7) is 4.28. The number of carbonyl (C=O) groups is 1. The van der Waals surface area contributed by atoms with E-state index in [0.29, 0.717) is 13.1 Å². The van der Waals surface area contributed by atoms with Crippen LogP contribution in [-0.4, -0.2) is 35.4 Å². The van der Waals surface area contributed by atoms with Crippen LogP contribution in [0.15, 0.2) is 51.8 Å². The molecule has 25 heavy (non-hydrogen) atoms. The Hall–Kier alpha value is -1.50. The molecule has 0 aliphatic carbocycles. The minimum absolute atomic E-state index is 0.178. The Morgan fingerprint density at radius 3 is 2.56 bits per heavy atom. The minimum Gasteiger partial charge on any atom is -0.450 e. The molecule has 1 N–H and O–H groups in total. The van der Waals surface area contributed by atoms with Gasteiger partial charge in [0.25, 0.3) is 0 Å². The summed E-state index contributed by atoms with van der Waals surface area (Å²) in [5.41, 5.74) is 3.78. The third-order valence-electron chi connectivity index (χ3n) is 4.16. The van der Waals surface area contributed by atoms with Gasteiger partial charge in [0.05, 0.1) is 0 Å². The van der Waals surface area contributed by atoms with Gasteiger partial charge in [-0.3, -0.25) is 4.90 Å². The van der Waals surface area contributed by atoms with Gasteiger partial charge in [-0.15, -0.1) is 11.8 Å². The van der Waals surface area contributed by atoms with Gasteiger partial charge in [-0.1, -0.05) is 40.2 Å². The van der Waals surface area contributed by atoms with Crippen LogP contribution in [0.4, 0.5) is 4.79 Å². The van der Waals surface area contributed by atoms with Gasteiger partial charge in [0.2, 0.25) is 0 Å². The van der Waals surface area contributed by atoms with Crippen molar-refractivity contribution in [2.24, 2.45) is 0 Å². The number of hydrogen-bond donors (Lipinski definition) is 1. The van der Waals surface area contributed by atoms with Gasteiger partial charge >= 0.3 is 6.16 Å². The molecule has 132 valence electrons. The first-order valence-electron chi connectivity index (χ1n) is 8.08. The van der Waals surface area contributed by atoms with Crippen molar-refractivity contribution in [2.45, 2.75) is 30.2 Å². The standard InChI is InChI=1S/C19H20BrNO3S/c1-13-8-17(6-7-18(13)20)25-12-15-4-2-14(3-5-15)9-21-10-16(11-21)24-19(22)23/h2-8,16H,9-12H2,1H3,(H,22,23). The summed E-state index contributed by atoms with van der Waals surface area (Å²) < 4.78 is 5.87. The topological polar surface area (TPSA) is 49.8 Å². The van der Waals surface area contributed by atoms with Crippen molar-refractivity contribution >= 4 is 33.8 Å². The molecule has 6 heteroatoms. The molecule has 0 saturated carbocycles. The average molecular weight is 422 g/mol. The van der Waals surface area contributed by atoms with E-state index in [1.54, 1.807) is 0 Å². The molecule has 0 spiro atoms. The van der Waals surface area contributed by atoms with Crippen molar-refractivity contribution in [3.8, 4) is 0 Å². The number of halogens is 1. The normalized spacial score (nSPS) is 15.0. The maximum atomic E-state index is 10.5. The van der Waals surface area contributed by atoms with Crippen LogP contribution in [0.1, 0.15) is 16.7 Å². The fourth-order valence-corrected chi connectivity index (χ4v) is 3.94. The first-order chi connectivity index (χ1) is 12.0. The maximum absolute atomic E-state index is 10.5. The molecule has 2 aromatic rings. The second-order valence-corrected chi connectivity index (χ2v) is 8.12. The van der Waals surface area contributed by atoms with Crippen LogP contribution in [0.5, 0.6) is 0 Å². The lowest BCUT2D eigenvalue weighted by atomic mass is 10.1. The monoisotopic (exact) mass is 421 g/mol. The third kappa shape index (κ3) is 5.23. The van der Waals surface area contributed by atoms with Gasteiger partial charge in [0, 0.05) is 34.8 Å². The zero-order valence-electron chi connectivity index (χ0n) is 13.9. The van der Waals surface area contributed by atoms with E-state index in [9.17, 15) is 4.79 Å². The highest BCUT2D eigenvalue weighted by molar-refractivity contribution is 9.10. The number of benzene rings is 2. The van der Waals surface area contributed by atoms with Crippen molar-refractivity contribution < 1.29 is 14.6 Å². The fraction of sp³-hybridized carbons (Fsp3) is 0.316. The van der Waals surface area contributed by atoms with Crippen molar-refractivity contribution in [1.82, 2.24) is 4.90 Å². The number of aryl methyl sites for hydroxylation is 1. The summed E-state index contributed by atoms with van der Waals surface area (Å²) >= 11 is 5.36. The lowest BCUT2D eigenvalue weighted by Crippen LogP contribution is -2.52. The molecule has 1 fully saturated rings. The van der Waals surface area contributed by atoms with E-state index in [-0.39, 0.29) is 6.10 Å². The van der Waals surface area contributed by atoms with Crippen molar-refractivity contribution in [1.29, 1.82) is 0 Å². The molecule has 0 unspecified atom stereocenters. The molecule has 2 aromatic carbocycles. The van der Waals surface area contributed by atoms with E-state index < -0.39 is 6.16 Å². The van der Waals surface area contributed by atoms with Crippen LogP contribution in [0.25, 0.3) is 0 Å². The zero-order chi connectivity index (χ0) is 17.8. The fourth-order valence-electron chi connectivity index (χ4n) is 2.74.